The van der Waals surface area contributed by atoms with Gasteiger partial charge in [0, 0.05) is 6.54 Å². The van der Waals surface area contributed by atoms with Gasteiger partial charge in [-0.2, -0.15) is 8.75 Å². The standard InChI is InChI=1S/C14H12FN3O2S2/c15-11-5-2-1-4-10(11)8-9-16-22(19,20)13-7-3-6-12-14(13)18-21-17-12/h1-7,16H,8-9H2. The number of hydrogen-bond acceptors (Lipinski definition) is 5. The molecule has 0 radical (unpaired) electrons. The third-order valence-corrected chi connectivity index (χ3v) is 5.22. The zero-order valence-electron chi connectivity index (χ0n) is 11.4. The first-order valence-electron chi connectivity index (χ1n) is 6.52. The van der Waals surface area contributed by atoms with Gasteiger partial charge in [0.25, 0.3) is 0 Å². The molecule has 5 nitrogen and oxygen atoms in total. The molecule has 1 N–H and O–H groups in total. The van der Waals surface area contributed by atoms with Crippen molar-refractivity contribution in [3.63, 3.8) is 0 Å². The van der Waals surface area contributed by atoms with Crippen LogP contribution in [0, 0.1) is 5.82 Å². The van der Waals surface area contributed by atoms with Crippen LogP contribution in [0.1, 0.15) is 5.56 Å². The fraction of sp³-hybridized carbons (Fsp3) is 0.143. The second-order valence-electron chi connectivity index (χ2n) is 4.63. The highest BCUT2D eigenvalue weighted by atomic mass is 32.2. The van der Waals surface area contributed by atoms with Crippen LogP contribution in [0.4, 0.5) is 4.39 Å². The molecule has 0 bridgehead atoms. The monoisotopic (exact) mass is 337 g/mol. The first-order valence-corrected chi connectivity index (χ1v) is 8.73. The molecule has 0 atom stereocenters. The molecular weight excluding hydrogens is 325 g/mol. The molecule has 2 aromatic carbocycles. The Bertz CT molecular complexity index is 909. The van der Waals surface area contributed by atoms with Gasteiger partial charge >= 0.3 is 0 Å². The number of benzene rings is 2. The SMILES string of the molecule is O=S(=O)(NCCc1ccccc1F)c1cccc2nsnc12. The summed E-state index contributed by atoms with van der Waals surface area (Å²) < 4.78 is 48.7. The van der Waals surface area contributed by atoms with Crippen molar-refractivity contribution >= 4 is 32.8 Å². The molecular formula is C14H12FN3O2S2. The van der Waals surface area contributed by atoms with Crippen molar-refractivity contribution in [1.29, 1.82) is 0 Å². The van der Waals surface area contributed by atoms with Crippen LogP contribution < -0.4 is 4.72 Å². The van der Waals surface area contributed by atoms with Gasteiger partial charge in [-0.3, -0.25) is 0 Å². The van der Waals surface area contributed by atoms with Gasteiger partial charge in [0.15, 0.2) is 0 Å². The lowest BCUT2D eigenvalue weighted by atomic mass is 10.1. The van der Waals surface area contributed by atoms with Gasteiger partial charge in [0.1, 0.15) is 21.7 Å². The van der Waals surface area contributed by atoms with Crippen molar-refractivity contribution in [2.24, 2.45) is 0 Å². The molecule has 22 heavy (non-hydrogen) atoms. The molecule has 0 spiro atoms. The zero-order chi connectivity index (χ0) is 15.6. The molecule has 0 amide bonds. The highest BCUT2D eigenvalue weighted by Crippen LogP contribution is 2.20. The van der Waals surface area contributed by atoms with Crippen LogP contribution in [0.2, 0.25) is 0 Å². The van der Waals surface area contributed by atoms with Gasteiger partial charge in [-0.25, -0.2) is 17.5 Å². The van der Waals surface area contributed by atoms with Gasteiger partial charge in [0.2, 0.25) is 10.0 Å². The van der Waals surface area contributed by atoms with Crippen LogP contribution >= 0.6 is 11.7 Å². The minimum Gasteiger partial charge on any atom is -0.211 e. The van der Waals surface area contributed by atoms with E-state index < -0.39 is 10.0 Å². The van der Waals surface area contributed by atoms with Crippen LogP contribution in [0.25, 0.3) is 11.0 Å². The number of nitrogens with zero attached hydrogens (tertiary/aromatic N) is 2. The molecule has 1 aromatic heterocycles. The Morgan fingerprint density at radius 2 is 1.91 bits per heavy atom. The number of aromatic nitrogens is 2. The Kier molecular flexibility index (Phi) is 4.14. The summed E-state index contributed by atoms with van der Waals surface area (Å²) >= 11 is 0.964. The molecule has 0 saturated carbocycles. The van der Waals surface area contributed by atoms with E-state index >= 15 is 0 Å². The van der Waals surface area contributed by atoms with E-state index in [1.165, 1.54) is 12.1 Å². The maximum atomic E-state index is 13.5. The predicted octanol–water partition coefficient (Wildman–Crippen LogP) is 2.35. The topological polar surface area (TPSA) is 72.0 Å². The van der Waals surface area contributed by atoms with Crippen LogP contribution in [0.15, 0.2) is 47.4 Å². The first kappa shape index (κ1) is 15.0. The summed E-state index contributed by atoms with van der Waals surface area (Å²) in [7, 11) is -3.71. The lowest BCUT2D eigenvalue weighted by Crippen LogP contribution is -2.26. The van der Waals surface area contributed by atoms with E-state index in [1.54, 1.807) is 30.3 Å². The largest absolute Gasteiger partial charge is 0.242 e. The first-order chi connectivity index (χ1) is 10.6. The highest BCUT2D eigenvalue weighted by molar-refractivity contribution is 7.89. The van der Waals surface area contributed by atoms with Crippen LogP contribution in [-0.2, 0) is 16.4 Å². The fourth-order valence-electron chi connectivity index (χ4n) is 2.10. The quantitative estimate of drug-likeness (QED) is 0.776. The second kappa shape index (κ2) is 6.07. The molecule has 8 heteroatoms. The normalized spacial score (nSPS) is 11.9. The summed E-state index contributed by atoms with van der Waals surface area (Å²) in [5, 5.41) is 0. The summed E-state index contributed by atoms with van der Waals surface area (Å²) in [6.07, 6.45) is 0.275. The molecule has 1 heterocycles. The molecule has 0 aliphatic rings. The van der Waals surface area contributed by atoms with E-state index in [-0.39, 0.29) is 23.7 Å². The number of halogens is 1. The number of nitrogens with one attached hydrogen (secondary N) is 1. The maximum absolute atomic E-state index is 13.5. The second-order valence-corrected chi connectivity index (χ2v) is 6.89. The van der Waals surface area contributed by atoms with Crippen molar-refractivity contribution < 1.29 is 12.8 Å². The molecule has 3 rings (SSSR count). The van der Waals surface area contributed by atoms with Crippen LogP contribution in [-0.4, -0.2) is 23.7 Å². The molecule has 3 aromatic rings. The Morgan fingerprint density at radius 3 is 2.73 bits per heavy atom. The number of sulfonamides is 1. The summed E-state index contributed by atoms with van der Waals surface area (Å²) in [6, 6.07) is 11.1. The van der Waals surface area contributed by atoms with Crippen LogP contribution in [0.3, 0.4) is 0 Å². The van der Waals surface area contributed by atoms with Gasteiger partial charge in [-0.15, -0.1) is 0 Å². The third kappa shape index (κ3) is 2.99. The van der Waals surface area contributed by atoms with E-state index in [1.807, 2.05) is 0 Å². The molecule has 0 unspecified atom stereocenters. The van der Waals surface area contributed by atoms with Gasteiger partial charge in [-0.05, 0) is 30.2 Å². The van der Waals surface area contributed by atoms with E-state index in [4.69, 9.17) is 0 Å². The maximum Gasteiger partial charge on any atom is 0.242 e. The smallest absolute Gasteiger partial charge is 0.211 e. The lowest BCUT2D eigenvalue weighted by molar-refractivity contribution is 0.578. The number of hydrogen-bond donors (Lipinski definition) is 1. The predicted molar refractivity (Wildman–Crippen MR) is 82.7 cm³/mol. The van der Waals surface area contributed by atoms with E-state index in [9.17, 15) is 12.8 Å². The minimum atomic E-state index is -3.71. The van der Waals surface area contributed by atoms with E-state index in [0.717, 1.165) is 11.7 Å². The van der Waals surface area contributed by atoms with Crippen molar-refractivity contribution in [2.75, 3.05) is 6.54 Å². The average molecular weight is 337 g/mol. The van der Waals surface area contributed by atoms with Crippen molar-refractivity contribution in [1.82, 2.24) is 13.5 Å². The summed E-state index contributed by atoms with van der Waals surface area (Å²) in [6.45, 7) is 0.108. The van der Waals surface area contributed by atoms with Crippen molar-refractivity contribution in [2.45, 2.75) is 11.3 Å². The van der Waals surface area contributed by atoms with Crippen molar-refractivity contribution in [3.05, 3.63) is 53.8 Å². The molecule has 0 aliphatic heterocycles. The fourth-order valence-corrected chi connectivity index (χ4v) is 3.89. The molecule has 114 valence electrons. The minimum absolute atomic E-state index is 0.0901. The number of rotatable bonds is 5. The highest BCUT2D eigenvalue weighted by Gasteiger charge is 2.19. The van der Waals surface area contributed by atoms with E-state index in [0.29, 0.717) is 16.6 Å². The number of fused-ring (bicyclic) bond motifs is 1. The third-order valence-electron chi connectivity index (χ3n) is 3.18. The Balaban J connectivity index is 1.77. The van der Waals surface area contributed by atoms with E-state index in [2.05, 4.69) is 13.5 Å². The average Bonchev–Trinajstić information content (AvgIpc) is 2.97. The Morgan fingerprint density at radius 1 is 1.09 bits per heavy atom. The van der Waals surface area contributed by atoms with Crippen molar-refractivity contribution in [3.8, 4) is 0 Å². The summed E-state index contributed by atoms with van der Waals surface area (Å²) in [5.41, 5.74) is 1.37. The van der Waals surface area contributed by atoms with Gasteiger partial charge in [-0.1, -0.05) is 24.3 Å². The lowest BCUT2D eigenvalue weighted by Gasteiger charge is -2.07. The summed E-state index contributed by atoms with van der Waals surface area (Å²) in [5.74, 6) is -0.340. The molecule has 0 saturated heterocycles. The van der Waals surface area contributed by atoms with Gasteiger partial charge < -0.3 is 0 Å². The molecule has 0 aliphatic carbocycles. The Hall–Kier alpha value is -1.90. The molecule has 0 fully saturated rings. The van der Waals surface area contributed by atoms with Crippen LogP contribution in [0.5, 0.6) is 0 Å². The zero-order valence-corrected chi connectivity index (χ0v) is 13.0. The summed E-state index contributed by atoms with van der Waals surface area (Å²) in [4.78, 5) is 0.0901. The van der Waals surface area contributed by atoms with Gasteiger partial charge in [0.05, 0.1) is 11.7 Å². The Labute approximate surface area is 131 Å².